The fourth-order valence-corrected chi connectivity index (χ4v) is 3.68. The summed E-state index contributed by atoms with van der Waals surface area (Å²) < 4.78 is 0. The Balaban J connectivity index is 1.50. The normalized spacial score (nSPS) is 21.1. The van der Waals surface area contributed by atoms with Crippen molar-refractivity contribution in [2.75, 3.05) is 20.1 Å². The summed E-state index contributed by atoms with van der Waals surface area (Å²) in [5.41, 5.74) is 2.83. The molecule has 1 aromatic carbocycles. The minimum absolute atomic E-state index is 0.572. The first-order valence-electron chi connectivity index (χ1n) is 8.74. The van der Waals surface area contributed by atoms with Crippen LogP contribution in [0.4, 0.5) is 0 Å². The molecule has 1 aromatic rings. The number of hydrogen-bond acceptors (Lipinski definition) is 2. The third-order valence-electron chi connectivity index (χ3n) is 5.31. The van der Waals surface area contributed by atoms with Gasteiger partial charge in [0.2, 0.25) is 0 Å². The predicted octanol–water partition coefficient (Wildman–Crippen LogP) is 3.91. The Morgan fingerprint density at radius 3 is 2.38 bits per heavy atom. The largest absolute Gasteiger partial charge is 0.308 e. The zero-order valence-electron chi connectivity index (χ0n) is 13.6. The van der Waals surface area contributed by atoms with Crippen molar-refractivity contribution in [3.8, 4) is 0 Å². The highest BCUT2D eigenvalue weighted by atomic mass is 15.1. The standard InChI is InChI=1S/C19H30N2/c1-15-7-9-16(10-8-15)19(17-11-12-17)20-13-14-21(2)18-5-3-4-6-18/h7-10,17-20H,3-6,11-14H2,1-2H3. The molecular weight excluding hydrogens is 256 g/mol. The van der Waals surface area contributed by atoms with E-state index in [4.69, 9.17) is 0 Å². The van der Waals surface area contributed by atoms with Crippen LogP contribution < -0.4 is 5.32 Å². The molecule has 3 rings (SSSR count). The van der Waals surface area contributed by atoms with Crippen LogP contribution in [0, 0.1) is 12.8 Å². The molecule has 1 N–H and O–H groups in total. The Bertz CT molecular complexity index is 429. The van der Waals surface area contributed by atoms with Gasteiger partial charge in [0.15, 0.2) is 0 Å². The minimum atomic E-state index is 0.572. The molecule has 0 radical (unpaired) electrons. The molecule has 2 nitrogen and oxygen atoms in total. The van der Waals surface area contributed by atoms with Gasteiger partial charge in [-0.15, -0.1) is 0 Å². The molecule has 2 aliphatic carbocycles. The molecule has 2 heteroatoms. The topological polar surface area (TPSA) is 15.3 Å². The number of nitrogens with zero attached hydrogens (tertiary/aromatic N) is 1. The van der Waals surface area contributed by atoms with Gasteiger partial charge in [0.1, 0.15) is 0 Å². The molecular formula is C19H30N2. The summed E-state index contributed by atoms with van der Waals surface area (Å²) >= 11 is 0. The van der Waals surface area contributed by atoms with Crippen molar-refractivity contribution in [3.63, 3.8) is 0 Å². The Morgan fingerprint density at radius 2 is 1.76 bits per heavy atom. The van der Waals surface area contributed by atoms with Gasteiger partial charge in [-0.25, -0.2) is 0 Å². The lowest BCUT2D eigenvalue weighted by molar-refractivity contribution is 0.240. The Labute approximate surface area is 129 Å². The van der Waals surface area contributed by atoms with Crippen LogP contribution >= 0.6 is 0 Å². The van der Waals surface area contributed by atoms with Crippen LogP contribution in [0.25, 0.3) is 0 Å². The van der Waals surface area contributed by atoms with Crippen LogP contribution in [-0.2, 0) is 0 Å². The monoisotopic (exact) mass is 286 g/mol. The zero-order valence-corrected chi connectivity index (χ0v) is 13.6. The number of rotatable bonds is 7. The summed E-state index contributed by atoms with van der Waals surface area (Å²) in [5, 5.41) is 3.83. The average molecular weight is 286 g/mol. The van der Waals surface area contributed by atoms with E-state index in [0.717, 1.165) is 18.5 Å². The molecule has 1 unspecified atom stereocenters. The molecule has 2 fully saturated rings. The predicted molar refractivity (Wildman–Crippen MR) is 89.5 cm³/mol. The van der Waals surface area contributed by atoms with E-state index in [2.05, 4.69) is 48.5 Å². The molecule has 2 aliphatic rings. The first-order valence-corrected chi connectivity index (χ1v) is 8.74. The maximum Gasteiger partial charge on any atom is 0.0349 e. The molecule has 0 heterocycles. The van der Waals surface area contributed by atoms with Gasteiger partial charge in [0.25, 0.3) is 0 Å². The van der Waals surface area contributed by atoms with Gasteiger partial charge >= 0.3 is 0 Å². The van der Waals surface area contributed by atoms with Crippen molar-refractivity contribution in [2.45, 2.75) is 57.5 Å². The molecule has 0 bridgehead atoms. The van der Waals surface area contributed by atoms with Crippen molar-refractivity contribution in [2.24, 2.45) is 5.92 Å². The fourth-order valence-electron chi connectivity index (χ4n) is 3.68. The van der Waals surface area contributed by atoms with Crippen molar-refractivity contribution in [1.29, 1.82) is 0 Å². The van der Waals surface area contributed by atoms with Crippen molar-refractivity contribution < 1.29 is 0 Å². The third kappa shape index (κ3) is 4.08. The van der Waals surface area contributed by atoms with E-state index in [1.807, 2.05) is 0 Å². The molecule has 0 saturated heterocycles. The highest BCUT2D eigenvalue weighted by molar-refractivity contribution is 5.25. The number of aryl methyl sites for hydroxylation is 1. The van der Waals surface area contributed by atoms with E-state index >= 15 is 0 Å². The average Bonchev–Trinajstić information content (AvgIpc) is 3.17. The van der Waals surface area contributed by atoms with E-state index in [-0.39, 0.29) is 0 Å². The molecule has 21 heavy (non-hydrogen) atoms. The summed E-state index contributed by atoms with van der Waals surface area (Å²) in [6.45, 7) is 4.46. The highest BCUT2D eigenvalue weighted by Crippen LogP contribution is 2.40. The number of nitrogens with one attached hydrogen (secondary N) is 1. The fraction of sp³-hybridized carbons (Fsp3) is 0.684. The second-order valence-electron chi connectivity index (χ2n) is 7.10. The van der Waals surface area contributed by atoms with Gasteiger partial charge in [-0.2, -0.15) is 0 Å². The lowest BCUT2D eigenvalue weighted by atomic mass is 10.0. The number of hydrogen-bond donors (Lipinski definition) is 1. The first-order chi connectivity index (χ1) is 10.2. The maximum absolute atomic E-state index is 3.83. The molecule has 0 spiro atoms. The zero-order chi connectivity index (χ0) is 14.7. The van der Waals surface area contributed by atoms with Crippen LogP contribution in [0.3, 0.4) is 0 Å². The number of likely N-dealkylation sites (N-methyl/N-ethyl adjacent to an activating group) is 1. The Morgan fingerprint density at radius 1 is 1.10 bits per heavy atom. The summed E-state index contributed by atoms with van der Waals surface area (Å²) in [6.07, 6.45) is 8.45. The van der Waals surface area contributed by atoms with Gasteiger partial charge in [0, 0.05) is 25.2 Å². The van der Waals surface area contributed by atoms with Crippen LogP contribution in [0.1, 0.15) is 55.7 Å². The quantitative estimate of drug-likeness (QED) is 0.817. The lowest BCUT2D eigenvalue weighted by Crippen LogP contribution is -2.37. The molecule has 0 aliphatic heterocycles. The smallest absolute Gasteiger partial charge is 0.0349 e. The van der Waals surface area contributed by atoms with E-state index < -0.39 is 0 Å². The van der Waals surface area contributed by atoms with Crippen molar-refractivity contribution >= 4 is 0 Å². The lowest BCUT2D eigenvalue weighted by Gasteiger charge is -2.26. The number of benzene rings is 1. The van der Waals surface area contributed by atoms with E-state index in [1.165, 1.54) is 56.2 Å². The second-order valence-corrected chi connectivity index (χ2v) is 7.10. The molecule has 116 valence electrons. The Hall–Kier alpha value is -0.860. The van der Waals surface area contributed by atoms with E-state index in [1.54, 1.807) is 0 Å². The van der Waals surface area contributed by atoms with E-state index in [9.17, 15) is 0 Å². The Kier molecular flexibility index (Phi) is 4.97. The first kappa shape index (κ1) is 15.1. The van der Waals surface area contributed by atoms with Gasteiger partial charge in [0.05, 0.1) is 0 Å². The molecule has 0 aromatic heterocycles. The van der Waals surface area contributed by atoms with Crippen LogP contribution in [0.2, 0.25) is 0 Å². The van der Waals surface area contributed by atoms with Crippen LogP contribution in [0.5, 0.6) is 0 Å². The van der Waals surface area contributed by atoms with Crippen molar-refractivity contribution in [3.05, 3.63) is 35.4 Å². The summed E-state index contributed by atoms with van der Waals surface area (Å²) in [7, 11) is 2.30. The van der Waals surface area contributed by atoms with E-state index in [0.29, 0.717) is 6.04 Å². The highest BCUT2D eigenvalue weighted by Gasteiger charge is 2.32. The van der Waals surface area contributed by atoms with Gasteiger partial charge in [-0.3, -0.25) is 0 Å². The molecule has 1 atom stereocenters. The molecule has 2 saturated carbocycles. The van der Waals surface area contributed by atoms with Crippen LogP contribution in [0.15, 0.2) is 24.3 Å². The SMILES string of the molecule is Cc1ccc(C(NCCN(C)C2CCCC2)C2CC2)cc1. The minimum Gasteiger partial charge on any atom is -0.308 e. The molecule has 0 amide bonds. The second kappa shape index (κ2) is 6.93. The van der Waals surface area contributed by atoms with Crippen LogP contribution in [-0.4, -0.2) is 31.1 Å². The van der Waals surface area contributed by atoms with Gasteiger partial charge in [-0.1, -0.05) is 42.7 Å². The maximum atomic E-state index is 3.83. The summed E-state index contributed by atoms with van der Waals surface area (Å²) in [4.78, 5) is 2.57. The third-order valence-corrected chi connectivity index (χ3v) is 5.31. The summed E-state index contributed by atoms with van der Waals surface area (Å²) in [5.74, 6) is 0.865. The van der Waals surface area contributed by atoms with Gasteiger partial charge < -0.3 is 10.2 Å². The summed E-state index contributed by atoms with van der Waals surface area (Å²) in [6, 6.07) is 10.5. The van der Waals surface area contributed by atoms with Crippen molar-refractivity contribution in [1.82, 2.24) is 10.2 Å². The van der Waals surface area contributed by atoms with Gasteiger partial charge in [-0.05, 0) is 51.1 Å².